The summed E-state index contributed by atoms with van der Waals surface area (Å²) in [5.41, 5.74) is 2.87. The van der Waals surface area contributed by atoms with E-state index in [2.05, 4.69) is 13.8 Å². The maximum atomic E-state index is 14.7. The van der Waals surface area contributed by atoms with Crippen molar-refractivity contribution in [3.05, 3.63) is 59.2 Å². The van der Waals surface area contributed by atoms with Gasteiger partial charge in [0, 0.05) is 5.56 Å². The molecule has 2 aromatic carbocycles. The quantitative estimate of drug-likeness (QED) is 0.468. The molecule has 3 rings (SSSR count). The first-order valence-corrected chi connectivity index (χ1v) is 10.7. The SMILES string of the molecule is CCCc1ccc(-c2ccc(CC[C@H]3CC[C@H](CC)CC3)c(F)c2F)cc1. The normalized spacial score (nSPS) is 20.0. The van der Waals surface area contributed by atoms with Crippen LogP contribution in [0.5, 0.6) is 0 Å². The van der Waals surface area contributed by atoms with Gasteiger partial charge in [-0.05, 0) is 47.8 Å². The van der Waals surface area contributed by atoms with Crippen molar-refractivity contribution in [1.82, 2.24) is 0 Å². The van der Waals surface area contributed by atoms with Gasteiger partial charge in [0.25, 0.3) is 0 Å². The molecule has 146 valence electrons. The summed E-state index contributed by atoms with van der Waals surface area (Å²) in [6.45, 7) is 4.40. The number of rotatable bonds is 7. The number of hydrogen-bond donors (Lipinski definition) is 0. The van der Waals surface area contributed by atoms with E-state index in [1.807, 2.05) is 24.3 Å². The highest BCUT2D eigenvalue weighted by Crippen LogP contribution is 2.34. The lowest BCUT2D eigenvalue weighted by Gasteiger charge is -2.27. The van der Waals surface area contributed by atoms with Gasteiger partial charge >= 0.3 is 0 Å². The molecule has 27 heavy (non-hydrogen) atoms. The van der Waals surface area contributed by atoms with E-state index in [0.717, 1.165) is 30.7 Å². The second-order valence-electron chi connectivity index (χ2n) is 8.18. The van der Waals surface area contributed by atoms with Crippen LogP contribution < -0.4 is 0 Å². The molecule has 0 radical (unpaired) electrons. The van der Waals surface area contributed by atoms with Gasteiger partial charge in [-0.3, -0.25) is 0 Å². The highest BCUT2D eigenvalue weighted by atomic mass is 19.2. The number of aryl methyl sites for hydroxylation is 2. The summed E-state index contributed by atoms with van der Waals surface area (Å²) in [6.07, 6.45) is 10.0. The van der Waals surface area contributed by atoms with Gasteiger partial charge in [-0.25, -0.2) is 8.78 Å². The van der Waals surface area contributed by atoms with Crippen molar-refractivity contribution >= 4 is 0 Å². The first kappa shape index (κ1) is 20.0. The van der Waals surface area contributed by atoms with Crippen LogP contribution in [-0.4, -0.2) is 0 Å². The lowest BCUT2D eigenvalue weighted by Crippen LogP contribution is -2.14. The largest absolute Gasteiger partial charge is 0.203 e. The Morgan fingerprint density at radius 1 is 0.778 bits per heavy atom. The molecule has 2 heteroatoms. The highest BCUT2D eigenvalue weighted by Gasteiger charge is 2.21. The molecular formula is C25H32F2. The second kappa shape index (κ2) is 9.48. The van der Waals surface area contributed by atoms with E-state index in [1.54, 1.807) is 12.1 Å². The van der Waals surface area contributed by atoms with Crippen LogP contribution in [0, 0.1) is 23.5 Å². The summed E-state index contributed by atoms with van der Waals surface area (Å²) >= 11 is 0. The van der Waals surface area contributed by atoms with E-state index in [9.17, 15) is 8.78 Å². The van der Waals surface area contributed by atoms with E-state index in [-0.39, 0.29) is 0 Å². The van der Waals surface area contributed by atoms with Crippen molar-refractivity contribution in [3.8, 4) is 11.1 Å². The number of hydrogen-bond acceptors (Lipinski definition) is 0. The minimum Gasteiger partial charge on any atom is -0.203 e. The van der Waals surface area contributed by atoms with Crippen LogP contribution in [0.3, 0.4) is 0 Å². The van der Waals surface area contributed by atoms with E-state index in [1.165, 1.54) is 37.7 Å². The lowest BCUT2D eigenvalue weighted by molar-refractivity contribution is 0.258. The molecule has 2 aromatic rings. The number of halogens is 2. The topological polar surface area (TPSA) is 0 Å². The summed E-state index contributed by atoms with van der Waals surface area (Å²) in [5.74, 6) is 0.178. The molecule has 0 aromatic heterocycles. The second-order valence-corrected chi connectivity index (χ2v) is 8.18. The van der Waals surface area contributed by atoms with Crippen LogP contribution in [0.2, 0.25) is 0 Å². The first-order valence-electron chi connectivity index (χ1n) is 10.7. The monoisotopic (exact) mass is 370 g/mol. The van der Waals surface area contributed by atoms with E-state index in [0.29, 0.717) is 23.5 Å². The van der Waals surface area contributed by atoms with Crippen molar-refractivity contribution < 1.29 is 8.78 Å². The van der Waals surface area contributed by atoms with E-state index >= 15 is 0 Å². The molecule has 1 saturated carbocycles. The lowest BCUT2D eigenvalue weighted by atomic mass is 9.78. The molecule has 1 aliphatic carbocycles. The summed E-state index contributed by atoms with van der Waals surface area (Å²) in [5, 5.41) is 0. The van der Waals surface area contributed by atoms with E-state index < -0.39 is 11.6 Å². The molecular weight excluding hydrogens is 338 g/mol. The molecule has 1 fully saturated rings. The molecule has 0 atom stereocenters. The van der Waals surface area contributed by atoms with Crippen LogP contribution in [0.1, 0.15) is 69.9 Å². The average molecular weight is 371 g/mol. The van der Waals surface area contributed by atoms with Crippen LogP contribution in [0.15, 0.2) is 36.4 Å². The minimum atomic E-state index is -0.703. The smallest absolute Gasteiger partial charge is 0.166 e. The Bertz CT molecular complexity index is 725. The van der Waals surface area contributed by atoms with E-state index in [4.69, 9.17) is 0 Å². The maximum absolute atomic E-state index is 14.7. The molecule has 0 saturated heterocycles. The Morgan fingerprint density at radius 2 is 1.44 bits per heavy atom. The molecule has 0 bridgehead atoms. The fourth-order valence-corrected chi connectivity index (χ4v) is 4.43. The van der Waals surface area contributed by atoms with Gasteiger partial charge in [-0.1, -0.05) is 88.8 Å². The Morgan fingerprint density at radius 3 is 2.07 bits per heavy atom. The summed E-state index contributed by atoms with van der Waals surface area (Å²) in [7, 11) is 0. The Balaban J connectivity index is 1.66. The minimum absolute atomic E-state index is 0.364. The summed E-state index contributed by atoms with van der Waals surface area (Å²) < 4.78 is 29.3. The molecule has 0 spiro atoms. The van der Waals surface area contributed by atoms with Crippen molar-refractivity contribution in [2.75, 3.05) is 0 Å². The van der Waals surface area contributed by atoms with Crippen LogP contribution in [0.25, 0.3) is 11.1 Å². The fourth-order valence-electron chi connectivity index (χ4n) is 4.43. The zero-order chi connectivity index (χ0) is 19.2. The summed E-state index contributed by atoms with van der Waals surface area (Å²) in [4.78, 5) is 0. The van der Waals surface area contributed by atoms with Crippen molar-refractivity contribution in [2.45, 2.75) is 71.6 Å². The third kappa shape index (κ3) is 4.97. The van der Waals surface area contributed by atoms with Gasteiger partial charge < -0.3 is 0 Å². The van der Waals surface area contributed by atoms with Crippen LogP contribution in [-0.2, 0) is 12.8 Å². The standard InChI is InChI=1S/C25H32F2/c1-3-5-19-10-13-21(14-11-19)23-17-16-22(24(26)25(23)27)15-12-20-8-6-18(4-2)7-9-20/h10-11,13-14,16-18,20H,3-9,12,15H2,1-2H3/t18-,20-. The van der Waals surface area contributed by atoms with Crippen molar-refractivity contribution in [3.63, 3.8) is 0 Å². The molecule has 0 aliphatic heterocycles. The Hall–Kier alpha value is -1.70. The zero-order valence-corrected chi connectivity index (χ0v) is 16.7. The van der Waals surface area contributed by atoms with Gasteiger partial charge in [-0.15, -0.1) is 0 Å². The van der Waals surface area contributed by atoms with Gasteiger partial charge in [0.15, 0.2) is 11.6 Å². The third-order valence-corrected chi connectivity index (χ3v) is 6.33. The predicted molar refractivity (Wildman–Crippen MR) is 110 cm³/mol. The molecule has 0 nitrogen and oxygen atoms in total. The molecule has 1 aliphatic rings. The average Bonchev–Trinajstić information content (AvgIpc) is 2.70. The molecule has 0 N–H and O–H groups in total. The molecule has 0 heterocycles. The van der Waals surface area contributed by atoms with Crippen LogP contribution >= 0.6 is 0 Å². The van der Waals surface area contributed by atoms with Gasteiger partial charge in [-0.2, -0.15) is 0 Å². The van der Waals surface area contributed by atoms with Crippen molar-refractivity contribution in [1.29, 1.82) is 0 Å². The third-order valence-electron chi connectivity index (χ3n) is 6.33. The fraction of sp³-hybridized carbons (Fsp3) is 0.520. The highest BCUT2D eigenvalue weighted by molar-refractivity contribution is 5.65. The summed E-state index contributed by atoms with van der Waals surface area (Å²) in [6, 6.07) is 11.3. The molecule has 0 amide bonds. The Labute approximate surface area is 163 Å². The Kier molecular flexibility index (Phi) is 7.04. The van der Waals surface area contributed by atoms with Gasteiger partial charge in [0.1, 0.15) is 0 Å². The van der Waals surface area contributed by atoms with Crippen molar-refractivity contribution in [2.24, 2.45) is 11.8 Å². The maximum Gasteiger partial charge on any atom is 0.166 e. The van der Waals surface area contributed by atoms with Crippen LogP contribution in [0.4, 0.5) is 8.78 Å². The first-order chi connectivity index (χ1) is 13.1. The number of benzene rings is 2. The zero-order valence-electron chi connectivity index (χ0n) is 16.7. The molecule has 0 unspecified atom stereocenters. The van der Waals surface area contributed by atoms with Gasteiger partial charge in [0.05, 0.1) is 0 Å². The van der Waals surface area contributed by atoms with Gasteiger partial charge in [0.2, 0.25) is 0 Å². The predicted octanol–water partition coefficient (Wildman–Crippen LogP) is 7.73.